The molecule has 16 heavy (non-hydrogen) atoms. The lowest BCUT2D eigenvalue weighted by atomic mass is 9.82. The molecule has 2 rings (SSSR count). The summed E-state index contributed by atoms with van der Waals surface area (Å²) < 4.78 is 5.88. The molecule has 1 heterocycles. The maximum atomic E-state index is 11.0. The van der Waals surface area contributed by atoms with Crippen LogP contribution in [0.1, 0.15) is 51.9 Å². The van der Waals surface area contributed by atoms with Crippen molar-refractivity contribution in [3.63, 3.8) is 0 Å². The molecule has 1 aliphatic heterocycles. The first-order valence-electron chi connectivity index (χ1n) is 6.64. The summed E-state index contributed by atoms with van der Waals surface area (Å²) >= 11 is 0. The van der Waals surface area contributed by atoms with Crippen LogP contribution in [0.15, 0.2) is 0 Å². The summed E-state index contributed by atoms with van der Waals surface area (Å²) in [5.74, 6) is 0.833. The second-order valence-electron chi connectivity index (χ2n) is 5.23. The lowest BCUT2D eigenvalue weighted by molar-refractivity contribution is -0.121. The third-order valence-corrected chi connectivity index (χ3v) is 3.90. The van der Waals surface area contributed by atoms with E-state index in [0.29, 0.717) is 12.1 Å². The maximum Gasteiger partial charge on any atom is 0.217 e. The fourth-order valence-corrected chi connectivity index (χ4v) is 3.08. The molecule has 2 atom stereocenters. The summed E-state index contributed by atoms with van der Waals surface area (Å²) in [5, 5.41) is 3.03. The van der Waals surface area contributed by atoms with Gasteiger partial charge < -0.3 is 10.1 Å². The highest BCUT2D eigenvalue weighted by atomic mass is 16.5. The number of nitrogens with one attached hydrogen (secondary N) is 1. The molecule has 3 nitrogen and oxygen atoms in total. The molecular formula is C13H23NO2. The number of carbonyl (C=O) groups excluding carboxylic acids is 1. The Morgan fingerprint density at radius 2 is 1.94 bits per heavy atom. The van der Waals surface area contributed by atoms with Gasteiger partial charge in [-0.15, -0.1) is 0 Å². The van der Waals surface area contributed by atoms with Crippen molar-refractivity contribution in [2.75, 3.05) is 6.61 Å². The minimum atomic E-state index is 0.0919. The van der Waals surface area contributed by atoms with Crippen LogP contribution in [-0.2, 0) is 9.53 Å². The topological polar surface area (TPSA) is 38.3 Å². The summed E-state index contributed by atoms with van der Waals surface area (Å²) in [6.07, 6.45) is 9.12. The smallest absolute Gasteiger partial charge is 0.217 e. The van der Waals surface area contributed by atoms with Crippen molar-refractivity contribution in [1.82, 2.24) is 5.32 Å². The molecule has 0 radical (unpaired) electrons. The van der Waals surface area contributed by atoms with Crippen LogP contribution >= 0.6 is 0 Å². The highest BCUT2D eigenvalue weighted by Gasteiger charge is 2.30. The summed E-state index contributed by atoms with van der Waals surface area (Å²) in [6.45, 7) is 2.41. The molecule has 0 unspecified atom stereocenters. The highest BCUT2D eigenvalue weighted by molar-refractivity contribution is 5.73. The number of amides is 1. The quantitative estimate of drug-likeness (QED) is 0.782. The van der Waals surface area contributed by atoms with Crippen molar-refractivity contribution < 1.29 is 9.53 Å². The first-order valence-corrected chi connectivity index (χ1v) is 6.64. The van der Waals surface area contributed by atoms with Crippen molar-refractivity contribution >= 4 is 5.91 Å². The molecule has 1 aliphatic carbocycles. The standard InChI is InChI=1S/C13H23NO2/c1-10(15)14-12-7-8-16-13(9-12)11-5-3-2-4-6-11/h11-13H,2-9H2,1H3,(H,14,15)/t12-,13+/m0/s1. The number of ether oxygens (including phenoxy) is 1. The van der Waals surface area contributed by atoms with Gasteiger partial charge in [-0.2, -0.15) is 0 Å². The Morgan fingerprint density at radius 3 is 2.62 bits per heavy atom. The van der Waals surface area contributed by atoms with E-state index in [2.05, 4.69) is 5.32 Å². The Morgan fingerprint density at radius 1 is 1.19 bits per heavy atom. The van der Waals surface area contributed by atoms with Crippen molar-refractivity contribution in [2.24, 2.45) is 5.92 Å². The molecule has 1 N–H and O–H groups in total. The molecule has 0 aromatic heterocycles. The highest BCUT2D eigenvalue weighted by Crippen LogP contribution is 2.32. The van der Waals surface area contributed by atoms with Crippen LogP contribution in [0.4, 0.5) is 0 Å². The molecule has 1 saturated carbocycles. The van der Waals surface area contributed by atoms with Gasteiger partial charge in [-0.25, -0.2) is 0 Å². The van der Waals surface area contributed by atoms with Gasteiger partial charge in [-0.1, -0.05) is 19.3 Å². The van der Waals surface area contributed by atoms with Crippen molar-refractivity contribution in [3.05, 3.63) is 0 Å². The van der Waals surface area contributed by atoms with Crippen LogP contribution < -0.4 is 5.32 Å². The lowest BCUT2D eigenvalue weighted by Crippen LogP contribution is -2.43. The second kappa shape index (κ2) is 5.67. The number of carbonyl (C=O) groups is 1. The van der Waals surface area contributed by atoms with E-state index in [4.69, 9.17) is 4.74 Å². The van der Waals surface area contributed by atoms with Gasteiger partial charge in [-0.05, 0) is 31.6 Å². The van der Waals surface area contributed by atoms with Crippen molar-refractivity contribution in [2.45, 2.75) is 64.0 Å². The Bertz CT molecular complexity index is 236. The van der Waals surface area contributed by atoms with Gasteiger partial charge in [0.2, 0.25) is 5.91 Å². The molecule has 1 saturated heterocycles. The Labute approximate surface area is 97.9 Å². The molecule has 0 spiro atoms. The van der Waals surface area contributed by atoms with E-state index < -0.39 is 0 Å². The molecule has 3 heteroatoms. The first-order chi connectivity index (χ1) is 7.75. The molecule has 2 aliphatic rings. The van der Waals surface area contributed by atoms with E-state index in [1.165, 1.54) is 32.1 Å². The first kappa shape index (κ1) is 11.9. The van der Waals surface area contributed by atoms with Gasteiger partial charge in [0.05, 0.1) is 6.10 Å². The zero-order chi connectivity index (χ0) is 11.4. The van der Waals surface area contributed by atoms with Gasteiger partial charge >= 0.3 is 0 Å². The predicted octanol–water partition coefficient (Wildman–Crippen LogP) is 2.25. The predicted molar refractivity (Wildman–Crippen MR) is 63.2 cm³/mol. The van der Waals surface area contributed by atoms with E-state index in [-0.39, 0.29) is 5.91 Å². The normalized spacial score (nSPS) is 32.3. The fraction of sp³-hybridized carbons (Fsp3) is 0.923. The third-order valence-electron chi connectivity index (χ3n) is 3.90. The Hall–Kier alpha value is -0.570. The van der Waals surface area contributed by atoms with Crippen LogP contribution in [0.5, 0.6) is 0 Å². The molecule has 2 fully saturated rings. The van der Waals surface area contributed by atoms with E-state index in [0.717, 1.165) is 25.4 Å². The van der Waals surface area contributed by atoms with E-state index in [1.54, 1.807) is 6.92 Å². The number of hydrogen-bond donors (Lipinski definition) is 1. The maximum absolute atomic E-state index is 11.0. The lowest BCUT2D eigenvalue weighted by Gasteiger charge is -2.36. The summed E-state index contributed by atoms with van der Waals surface area (Å²) in [6, 6.07) is 0.346. The minimum absolute atomic E-state index is 0.0919. The number of rotatable bonds is 2. The molecule has 1 amide bonds. The SMILES string of the molecule is CC(=O)N[C@H]1CCO[C@@H](C2CCCCC2)C1. The number of hydrogen-bond acceptors (Lipinski definition) is 2. The molecule has 92 valence electrons. The van der Waals surface area contributed by atoms with E-state index in [1.807, 2.05) is 0 Å². The van der Waals surface area contributed by atoms with Gasteiger partial charge in [-0.3, -0.25) is 4.79 Å². The van der Waals surface area contributed by atoms with Gasteiger partial charge in [0.25, 0.3) is 0 Å². The Balaban J connectivity index is 1.83. The monoisotopic (exact) mass is 225 g/mol. The average Bonchev–Trinajstić information content (AvgIpc) is 2.30. The van der Waals surface area contributed by atoms with Crippen LogP contribution in [-0.4, -0.2) is 24.7 Å². The van der Waals surface area contributed by atoms with Gasteiger partial charge in [0, 0.05) is 19.6 Å². The summed E-state index contributed by atoms with van der Waals surface area (Å²) in [5.41, 5.74) is 0. The fourth-order valence-electron chi connectivity index (χ4n) is 3.08. The van der Waals surface area contributed by atoms with Crippen molar-refractivity contribution in [1.29, 1.82) is 0 Å². The van der Waals surface area contributed by atoms with Gasteiger partial charge in [0.1, 0.15) is 0 Å². The average molecular weight is 225 g/mol. The largest absolute Gasteiger partial charge is 0.378 e. The third kappa shape index (κ3) is 3.21. The van der Waals surface area contributed by atoms with E-state index in [9.17, 15) is 4.79 Å². The molecule has 0 aromatic rings. The van der Waals surface area contributed by atoms with Crippen LogP contribution in [0.3, 0.4) is 0 Å². The van der Waals surface area contributed by atoms with E-state index >= 15 is 0 Å². The zero-order valence-electron chi connectivity index (χ0n) is 10.2. The zero-order valence-corrected chi connectivity index (χ0v) is 10.2. The van der Waals surface area contributed by atoms with Crippen LogP contribution in [0.25, 0.3) is 0 Å². The summed E-state index contributed by atoms with van der Waals surface area (Å²) in [4.78, 5) is 11.0. The van der Waals surface area contributed by atoms with Gasteiger partial charge in [0.15, 0.2) is 0 Å². The van der Waals surface area contributed by atoms with Crippen molar-refractivity contribution in [3.8, 4) is 0 Å². The van der Waals surface area contributed by atoms with Crippen LogP contribution in [0, 0.1) is 5.92 Å². The second-order valence-corrected chi connectivity index (χ2v) is 5.23. The molecule has 0 bridgehead atoms. The molecular weight excluding hydrogens is 202 g/mol. The minimum Gasteiger partial charge on any atom is -0.378 e. The molecule has 0 aromatic carbocycles. The Kier molecular flexibility index (Phi) is 4.22. The van der Waals surface area contributed by atoms with Crippen LogP contribution in [0.2, 0.25) is 0 Å². The summed E-state index contributed by atoms with van der Waals surface area (Å²) in [7, 11) is 0.